The van der Waals surface area contributed by atoms with E-state index in [0.29, 0.717) is 13.1 Å². The Kier molecular flexibility index (Phi) is 4.51. The predicted molar refractivity (Wildman–Crippen MR) is 77.6 cm³/mol. The maximum absolute atomic E-state index is 12.3. The zero-order chi connectivity index (χ0) is 14.8. The summed E-state index contributed by atoms with van der Waals surface area (Å²) >= 11 is 0. The summed E-state index contributed by atoms with van der Waals surface area (Å²) in [7, 11) is -3.46. The van der Waals surface area contributed by atoms with Gasteiger partial charge in [0, 0.05) is 18.8 Å². The minimum absolute atomic E-state index is 0.0300. The van der Waals surface area contributed by atoms with Crippen molar-refractivity contribution in [3.8, 4) is 0 Å². The van der Waals surface area contributed by atoms with Gasteiger partial charge in [-0.1, -0.05) is 13.8 Å². The zero-order valence-corrected chi connectivity index (χ0v) is 13.0. The molecule has 0 aromatic carbocycles. The van der Waals surface area contributed by atoms with Gasteiger partial charge in [-0.05, 0) is 37.6 Å². The number of hydrogen-bond acceptors (Lipinski definition) is 4. The van der Waals surface area contributed by atoms with E-state index in [1.54, 1.807) is 10.9 Å². The summed E-state index contributed by atoms with van der Waals surface area (Å²) in [4.78, 5) is 0.235. The van der Waals surface area contributed by atoms with Crippen molar-refractivity contribution in [3.05, 3.63) is 12.4 Å². The third-order valence-corrected chi connectivity index (χ3v) is 5.28. The smallest absolute Gasteiger partial charge is 0.243 e. The highest BCUT2D eigenvalue weighted by atomic mass is 32.2. The van der Waals surface area contributed by atoms with Crippen LogP contribution in [0.4, 0.5) is 0 Å². The van der Waals surface area contributed by atoms with Crippen molar-refractivity contribution in [2.75, 3.05) is 6.54 Å². The molecule has 1 aromatic heterocycles. The highest BCUT2D eigenvalue weighted by molar-refractivity contribution is 7.89. The van der Waals surface area contributed by atoms with Crippen molar-refractivity contribution >= 4 is 10.0 Å². The molecule has 1 aliphatic carbocycles. The number of nitrogens with zero attached hydrogens (tertiary/aromatic N) is 2. The number of aryl methyl sites for hydroxylation is 1. The van der Waals surface area contributed by atoms with Crippen LogP contribution in [0.5, 0.6) is 0 Å². The second-order valence-electron chi connectivity index (χ2n) is 6.31. The fourth-order valence-corrected chi connectivity index (χ4v) is 3.91. The second kappa shape index (κ2) is 5.83. The molecule has 114 valence electrons. The van der Waals surface area contributed by atoms with Crippen LogP contribution >= 0.6 is 0 Å². The third-order valence-electron chi connectivity index (χ3n) is 3.80. The first-order valence-electron chi connectivity index (χ1n) is 7.07. The van der Waals surface area contributed by atoms with E-state index in [9.17, 15) is 8.42 Å². The Bertz CT molecular complexity index is 550. The van der Waals surface area contributed by atoms with Gasteiger partial charge in [-0.15, -0.1) is 0 Å². The lowest BCUT2D eigenvalue weighted by Crippen LogP contribution is -2.33. The molecule has 1 saturated carbocycles. The monoisotopic (exact) mass is 300 g/mol. The minimum atomic E-state index is -3.46. The molecule has 0 radical (unpaired) electrons. The van der Waals surface area contributed by atoms with Gasteiger partial charge >= 0.3 is 0 Å². The van der Waals surface area contributed by atoms with Crippen LogP contribution in [0.15, 0.2) is 17.3 Å². The van der Waals surface area contributed by atoms with E-state index in [4.69, 9.17) is 5.73 Å². The molecule has 1 heterocycles. The van der Waals surface area contributed by atoms with Gasteiger partial charge in [-0.2, -0.15) is 5.10 Å². The van der Waals surface area contributed by atoms with Crippen LogP contribution in [0.2, 0.25) is 0 Å². The summed E-state index contributed by atoms with van der Waals surface area (Å²) in [5, 5.41) is 4.07. The van der Waals surface area contributed by atoms with Gasteiger partial charge in [0.05, 0.1) is 6.20 Å². The Morgan fingerprint density at radius 3 is 2.90 bits per heavy atom. The lowest BCUT2D eigenvalue weighted by atomic mass is 9.92. The quantitative estimate of drug-likeness (QED) is 0.823. The van der Waals surface area contributed by atoms with Crippen LogP contribution in [0.1, 0.15) is 39.5 Å². The van der Waals surface area contributed by atoms with E-state index >= 15 is 0 Å². The number of hydrogen-bond donors (Lipinski definition) is 2. The Hall–Kier alpha value is -0.920. The molecule has 1 aromatic rings. The van der Waals surface area contributed by atoms with E-state index < -0.39 is 10.0 Å². The summed E-state index contributed by atoms with van der Waals surface area (Å²) in [5.41, 5.74) is 5.65. The van der Waals surface area contributed by atoms with Crippen molar-refractivity contribution in [1.82, 2.24) is 14.5 Å². The average Bonchev–Trinajstić information content (AvgIpc) is 2.93. The largest absolute Gasteiger partial charge is 0.330 e. The Morgan fingerprint density at radius 2 is 2.30 bits per heavy atom. The van der Waals surface area contributed by atoms with E-state index in [2.05, 4.69) is 23.7 Å². The van der Waals surface area contributed by atoms with Gasteiger partial charge in [-0.3, -0.25) is 4.68 Å². The first-order chi connectivity index (χ1) is 9.32. The van der Waals surface area contributed by atoms with Crippen molar-refractivity contribution in [2.24, 2.45) is 11.1 Å². The minimum Gasteiger partial charge on any atom is -0.330 e. The van der Waals surface area contributed by atoms with Crippen LogP contribution < -0.4 is 10.5 Å². The van der Waals surface area contributed by atoms with Crippen LogP contribution in [-0.4, -0.2) is 30.8 Å². The molecule has 3 N–H and O–H groups in total. The summed E-state index contributed by atoms with van der Waals surface area (Å²) < 4.78 is 29.0. The lowest BCUT2D eigenvalue weighted by molar-refractivity contribution is 0.372. The molecule has 2 rings (SSSR count). The van der Waals surface area contributed by atoms with E-state index in [1.165, 1.54) is 6.20 Å². The SMILES string of the molecule is CC1(C)CCC(NS(=O)(=O)c2cnn(CCCN)c2)C1. The second-order valence-corrected chi connectivity index (χ2v) is 8.02. The van der Waals surface area contributed by atoms with E-state index in [-0.39, 0.29) is 16.4 Å². The molecule has 1 unspecified atom stereocenters. The molecule has 1 atom stereocenters. The van der Waals surface area contributed by atoms with Gasteiger partial charge in [0.15, 0.2) is 0 Å². The standard InChI is InChI=1S/C13H24N4O2S/c1-13(2)5-4-11(8-13)16-20(18,19)12-9-15-17(10-12)7-3-6-14/h9-11,16H,3-8,14H2,1-2H3. The predicted octanol–water partition coefficient (Wildman–Crippen LogP) is 1.09. The zero-order valence-electron chi connectivity index (χ0n) is 12.2. The van der Waals surface area contributed by atoms with Crippen molar-refractivity contribution in [3.63, 3.8) is 0 Å². The van der Waals surface area contributed by atoms with E-state index in [1.807, 2.05) is 0 Å². The first kappa shape index (κ1) is 15.5. The molecule has 0 bridgehead atoms. The molecular weight excluding hydrogens is 276 g/mol. The number of rotatable bonds is 6. The Balaban J connectivity index is 2.01. The van der Waals surface area contributed by atoms with E-state index in [0.717, 1.165) is 25.7 Å². The lowest BCUT2D eigenvalue weighted by Gasteiger charge is -2.17. The van der Waals surface area contributed by atoms with Crippen LogP contribution in [-0.2, 0) is 16.6 Å². The summed E-state index contributed by atoms with van der Waals surface area (Å²) in [6, 6.07) is 0.0300. The fraction of sp³-hybridized carbons (Fsp3) is 0.769. The molecule has 0 amide bonds. The van der Waals surface area contributed by atoms with Gasteiger partial charge in [0.2, 0.25) is 10.0 Å². The van der Waals surface area contributed by atoms with Gasteiger partial charge in [0.1, 0.15) is 4.90 Å². The topological polar surface area (TPSA) is 90.0 Å². The maximum atomic E-state index is 12.3. The molecule has 1 fully saturated rings. The highest BCUT2D eigenvalue weighted by Gasteiger charge is 2.33. The Morgan fingerprint density at radius 1 is 1.55 bits per heavy atom. The number of aromatic nitrogens is 2. The Labute approximate surface area is 120 Å². The number of nitrogens with two attached hydrogens (primary N) is 1. The maximum Gasteiger partial charge on any atom is 0.243 e. The molecule has 7 heteroatoms. The third kappa shape index (κ3) is 3.80. The number of sulfonamides is 1. The van der Waals surface area contributed by atoms with Crippen LogP contribution in [0, 0.1) is 5.41 Å². The van der Waals surface area contributed by atoms with Gasteiger partial charge in [0.25, 0.3) is 0 Å². The first-order valence-corrected chi connectivity index (χ1v) is 8.56. The van der Waals surface area contributed by atoms with Crippen molar-refractivity contribution in [2.45, 2.75) is 57.0 Å². The van der Waals surface area contributed by atoms with Gasteiger partial charge in [-0.25, -0.2) is 13.1 Å². The van der Waals surface area contributed by atoms with Crippen LogP contribution in [0.25, 0.3) is 0 Å². The molecule has 0 saturated heterocycles. The average molecular weight is 300 g/mol. The summed E-state index contributed by atoms with van der Waals surface area (Å²) in [6.07, 6.45) is 6.58. The molecule has 0 aliphatic heterocycles. The van der Waals surface area contributed by atoms with Crippen molar-refractivity contribution < 1.29 is 8.42 Å². The molecule has 1 aliphatic rings. The highest BCUT2D eigenvalue weighted by Crippen LogP contribution is 2.37. The molecule has 0 spiro atoms. The number of nitrogens with one attached hydrogen (secondary N) is 1. The molecular formula is C13H24N4O2S. The molecule has 6 nitrogen and oxygen atoms in total. The fourth-order valence-electron chi connectivity index (χ4n) is 2.68. The summed E-state index contributed by atoms with van der Waals surface area (Å²) in [5.74, 6) is 0. The molecule has 20 heavy (non-hydrogen) atoms. The van der Waals surface area contributed by atoms with Crippen LogP contribution in [0.3, 0.4) is 0 Å². The summed E-state index contributed by atoms with van der Waals surface area (Å²) in [6.45, 7) is 5.55. The van der Waals surface area contributed by atoms with Crippen molar-refractivity contribution in [1.29, 1.82) is 0 Å². The normalized spacial score (nSPS) is 22.2. The van der Waals surface area contributed by atoms with Gasteiger partial charge < -0.3 is 5.73 Å².